The summed E-state index contributed by atoms with van der Waals surface area (Å²) in [6.07, 6.45) is 0. The molecular formula is C43H26ClN3O. The predicted molar refractivity (Wildman–Crippen MR) is 197 cm³/mol. The molecule has 0 unspecified atom stereocenters. The van der Waals surface area contributed by atoms with Crippen molar-refractivity contribution in [3.05, 3.63) is 162 Å². The first-order valence-electron chi connectivity index (χ1n) is 21.7. The van der Waals surface area contributed by atoms with Crippen molar-refractivity contribution in [2.45, 2.75) is 0 Å². The van der Waals surface area contributed by atoms with Gasteiger partial charge >= 0.3 is 0 Å². The molecule has 0 amide bonds. The molecule has 0 bridgehead atoms. The summed E-state index contributed by atoms with van der Waals surface area (Å²) in [4.78, 5) is 14.0. The molecule has 7 aromatic carbocycles. The normalized spacial score (nSPS) is 15.5. The van der Waals surface area contributed by atoms with Crippen molar-refractivity contribution in [2.24, 2.45) is 0 Å². The maximum absolute atomic E-state index is 9.14. The summed E-state index contributed by atoms with van der Waals surface area (Å²) in [5, 5.41) is 1.84. The third kappa shape index (κ3) is 4.91. The van der Waals surface area contributed by atoms with Gasteiger partial charge < -0.3 is 4.42 Å². The van der Waals surface area contributed by atoms with E-state index in [4.69, 9.17) is 40.2 Å². The molecule has 2 heterocycles. The second kappa shape index (κ2) is 11.6. The summed E-state index contributed by atoms with van der Waals surface area (Å²) in [6, 6.07) is 13.4. The van der Waals surface area contributed by atoms with E-state index in [0.717, 1.165) is 16.8 Å². The molecule has 0 atom stereocenters. The van der Waals surface area contributed by atoms with E-state index in [1.165, 1.54) is 12.1 Å². The van der Waals surface area contributed by atoms with E-state index in [1.807, 2.05) is 42.5 Å². The minimum atomic E-state index is -0.667. The minimum absolute atomic E-state index is 0.0570. The molecule has 0 saturated carbocycles. The molecule has 0 fully saturated rings. The van der Waals surface area contributed by atoms with Gasteiger partial charge in [-0.1, -0.05) is 139 Å². The lowest BCUT2D eigenvalue weighted by atomic mass is 9.90. The largest absolute Gasteiger partial charge is 0.456 e. The predicted octanol–water partition coefficient (Wildman–Crippen LogP) is 11.9. The third-order valence-electron chi connectivity index (χ3n) is 7.89. The lowest BCUT2D eigenvalue weighted by Gasteiger charge is -2.15. The molecule has 0 aliphatic heterocycles. The van der Waals surface area contributed by atoms with E-state index in [1.54, 1.807) is 12.1 Å². The zero-order valence-corrected chi connectivity index (χ0v) is 25.3. The average molecular weight is 650 g/mol. The Morgan fingerprint density at radius 2 is 1.21 bits per heavy atom. The van der Waals surface area contributed by atoms with Gasteiger partial charge in [-0.3, -0.25) is 0 Å². The average Bonchev–Trinajstić information content (AvgIpc) is 3.64. The number of halogens is 1. The summed E-state index contributed by atoms with van der Waals surface area (Å²) < 4.78 is 127. The quantitative estimate of drug-likeness (QED) is 0.186. The number of hydrogen-bond acceptors (Lipinski definition) is 4. The Balaban J connectivity index is 1.41. The second-order valence-electron chi connectivity index (χ2n) is 10.7. The van der Waals surface area contributed by atoms with Crippen LogP contribution in [0.5, 0.6) is 0 Å². The van der Waals surface area contributed by atoms with Crippen molar-refractivity contribution in [1.29, 1.82) is 0 Å². The SMILES string of the molecule is [2H]c1cc([2H])c2oc3c([2H])c([2H])c(Cl)cc3c2c1-c1nc(-c2ccc(-c3cccc4ccccc34)c(-c3c([2H])c([2H])c([2H])c([2H])c3[2H])c2)nc(-c2c([2H])c([2H])c([2H])c([2H])c2[2H])n1. The van der Waals surface area contributed by atoms with Gasteiger partial charge in [0.2, 0.25) is 0 Å². The smallest absolute Gasteiger partial charge is 0.164 e. The van der Waals surface area contributed by atoms with Crippen LogP contribution in [0, 0.1) is 0 Å². The van der Waals surface area contributed by atoms with Crippen LogP contribution < -0.4 is 0 Å². The Morgan fingerprint density at radius 1 is 0.479 bits per heavy atom. The zero-order valence-electron chi connectivity index (χ0n) is 38.6. The molecule has 0 N–H and O–H groups in total. The number of furan rings is 1. The van der Waals surface area contributed by atoms with Crippen LogP contribution in [0.2, 0.25) is 5.02 Å². The molecule has 9 rings (SSSR count). The van der Waals surface area contributed by atoms with Crippen molar-refractivity contribution >= 4 is 44.3 Å². The molecule has 48 heavy (non-hydrogen) atoms. The van der Waals surface area contributed by atoms with E-state index in [9.17, 15) is 0 Å². The number of fused-ring (bicyclic) bond motifs is 4. The third-order valence-corrected chi connectivity index (χ3v) is 8.09. The fraction of sp³-hybridized carbons (Fsp3) is 0. The van der Waals surface area contributed by atoms with Crippen LogP contribution in [0.1, 0.15) is 19.2 Å². The van der Waals surface area contributed by atoms with Crippen LogP contribution in [0.3, 0.4) is 0 Å². The highest BCUT2D eigenvalue weighted by Gasteiger charge is 2.19. The van der Waals surface area contributed by atoms with Crippen LogP contribution in [-0.4, -0.2) is 15.0 Å². The van der Waals surface area contributed by atoms with Gasteiger partial charge in [0.05, 0.1) is 19.2 Å². The molecule has 2 aromatic heterocycles. The van der Waals surface area contributed by atoms with Crippen LogP contribution in [0.25, 0.3) is 89.1 Å². The van der Waals surface area contributed by atoms with Crippen LogP contribution >= 0.6 is 11.6 Å². The van der Waals surface area contributed by atoms with Gasteiger partial charge in [0.15, 0.2) is 17.5 Å². The van der Waals surface area contributed by atoms with E-state index in [2.05, 4.69) is 9.97 Å². The van der Waals surface area contributed by atoms with Gasteiger partial charge in [-0.2, -0.15) is 0 Å². The van der Waals surface area contributed by atoms with Gasteiger partial charge in [-0.05, 0) is 63.3 Å². The van der Waals surface area contributed by atoms with E-state index in [-0.39, 0.29) is 85.0 Å². The van der Waals surface area contributed by atoms with Crippen molar-refractivity contribution < 1.29 is 23.6 Å². The highest BCUT2D eigenvalue weighted by atomic mass is 35.5. The lowest BCUT2D eigenvalue weighted by Crippen LogP contribution is -2.01. The Hall–Kier alpha value is -6.10. The molecule has 0 radical (unpaired) electrons. The summed E-state index contributed by atoms with van der Waals surface area (Å²) in [5.74, 6) is -0.833. The van der Waals surface area contributed by atoms with Crippen molar-refractivity contribution in [1.82, 2.24) is 15.0 Å². The van der Waals surface area contributed by atoms with E-state index in [0.29, 0.717) is 11.1 Å². The number of benzene rings is 7. The summed E-state index contributed by atoms with van der Waals surface area (Å²) in [5.41, 5.74) is 0.798. The molecule has 226 valence electrons. The van der Waals surface area contributed by atoms with Crippen LogP contribution in [0.15, 0.2) is 162 Å². The molecule has 0 saturated heterocycles. The molecule has 0 aliphatic rings. The summed E-state index contributed by atoms with van der Waals surface area (Å²) >= 11 is 6.38. The fourth-order valence-corrected chi connectivity index (χ4v) is 5.94. The Morgan fingerprint density at radius 3 is 2.04 bits per heavy atom. The first-order chi connectivity index (χ1) is 29.5. The monoisotopic (exact) mass is 649 g/mol. The maximum Gasteiger partial charge on any atom is 0.164 e. The van der Waals surface area contributed by atoms with Gasteiger partial charge in [0, 0.05) is 32.5 Å². The van der Waals surface area contributed by atoms with Gasteiger partial charge in [0.1, 0.15) is 11.2 Å². The maximum atomic E-state index is 9.14. The van der Waals surface area contributed by atoms with Crippen molar-refractivity contribution in [2.75, 3.05) is 0 Å². The van der Waals surface area contributed by atoms with Crippen LogP contribution in [-0.2, 0) is 0 Å². The number of nitrogens with zero attached hydrogens (tertiary/aromatic N) is 3. The molecular weight excluding hydrogens is 610 g/mol. The molecule has 5 heteroatoms. The van der Waals surface area contributed by atoms with Gasteiger partial charge in [-0.25, -0.2) is 15.0 Å². The Bertz CT molecular complexity index is 3390. The molecule has 4 nitrogen and oxygen atoms in total. The fourth-order valence-electron chi connectivity index (χ4n) is 5.79. The van der Waals surface area contributed by atoms with Gasteiger partial charge in [-0.15, -0.1) is 0 Å². The number of aromatic nitrogens is 3. The summed E-state index contributed by atoms with van der Waals surface area (Å²) in [7, 11) is 0. The highest BCUT2D eigenvalue weighted by molar-refractivity contribution is 6.32. The first-order valence-corrected chi connectivity index (χ1v) is 15.0. The Labute approximate surface area is 301 Å². The molecule has 0 spiro atoms. The van der Waals surface area contributed by atoms with Gasteiger partial charge in [0.25, 0.3) is 0 Å². The minimum Gasteiger partial charge on any atom is -0.456 e. The summed E-state index contributed by atoms with van der Waals surface area (Å²) in [6.45, 7) is 0. The number of hydrogen-bond donors (Lipinski definition) is 0. The Kier molecular flexibility index (Phi) is 4.15. The van der Waals surface area contributed by atoms with Crippen molar-refractivity contribution in [3.8, 4) is 56.4 Å². The highest BCUT2D eigenvalue weighted by Crippen LogP contribution is 2.40. The zero-order chi connectivity index (χ0) is 44.2. The topological polar surface area (TPSA) is 51.8 Å². The standard InChI is InChI=1S/C43H26ClN3O/c44-31-22-24-38-37(26-31)40-35(19-10-20-39(40)48-38)43-46-41(29-14-5-2-6-15-29)45-42(47-43)30-21-23-34(36(25-30)28-11-3-1-4-12-28)33-18-9-16-27-13-7-8-17-32(27)33/h1-26H/i1D,2D,3D,4D,5D,6D,11D,12D,14D,15D,19D,20D,22D,24D. The van der Waals surface area contributed by atoms with Crippen LogP contribution in [0.4, 0.5) is 0 Å². The molecule has 0 aliphatic carbocycles. The van der Waals surface area contributed by atoms with E-state index < -0.39 is 71.8 Å². The second-order valence-corrected chi connectivity index (χ2v) is 11.1. The molecule has 9 aromatic rings. The van der Waals surface area contributed by atoms with Crippen molar-refractivity contribution in [3.63, 3.8) is 0 Å². The lowest BCUT2D eigenvalue weighted by molar-refractivity contribution is 0.669. The number of rotatable bonds is 5. The first kappa shape index (κ1) is 17.2. The van der Waals surface area contributed by atoms with E-state index >= 15 is 0 Å².